The average molecular weight is 207 g/mol. The Morgan fingerprint density at radius 3 is 2.57 bits per heavy atom. The second kappa shape index (κ2) is 3.88. The van der Waals surface area contributed by atoms with E-state index in [1.165, 1.54) is 17.7 Å². The second-order valence-electron chi connectivity index (χ2n) is 3.35. The molecule has 0 fully saturated rings. The number of halogens is 1. The van der Waals surface area contributed by atoms with Gasteiger partial charge in [-0.2, -0.15) is 0 Å². The van der Waals surface area contributed by atoms with Gasteiger partial charge in [0.2, 0.25) is 0 Å². The van der Waals surface area contributed by atoms with E-state index < -0.39 is 0 Å². The van der Waals surface area contributed by atoms with Crippen molar-refractivity contribution in [3.63, 3.8) is 0 Å². The zero-order valence-corrected chi connectivity index (χ0v) is 8.40. The van der Waals surface area contributed by atoms with Crippen LogP contribution in [0.1, 0.15) is 12.0 Å². The Kier molecular flexibility index (Phi) is 2.59. The van der Waals surface area contributed by atoms with Gasteiger partial charge in [-0.25, -0.2) is 4.39 Å². The third kappa shape index (κ3) is 2.17. The summed E-state index contributed by atoms with van der Waals surface area (Å²) in [7, 11) is 0. The van der Waals surface area contributed by atoms with Crippen LogP contribution in [0.15, 0.2) is 36.0 Å². The highest BCUT2D eigenvalue weighted by molar-refractivity contribution is 7.80. The third-order valence-corrected chi connectivity index (χ3v) is 2.43. The molecule has 3 heteroatoms. The monoisotopic (exact) mass is 207 g/mol. The van der Waals surface area contributed by atoms with Gasteiger partial charge in [0.1, 0.15) is 5.82 Å². The van der Waals surface area contributed by atoms with Crippen molar-refractivity contribution in [2.45, 2.75) is 12.8 Å². The van der Waals surface area contributed by atoms with Crippen molar-refractivity contribution in [1.29, 1.82) is 0 Å². The Labute approximate surface area is 87.6 Å². The molecule has 0 aliphatic carbocycles. The zero-order valence-electron chi connectivity index (χ0n) is 7.59. The fraction of sp³-hybridized carbons (Fsp3) is 0.182. The van der Waals surface area contributed by atoms with Crippen LogP contribution in [0.25, 0.3) is 0 Å². The minimum Gasteiger partial charge on any atom is -0.356 e. The molecule has 0 bridgehead atoms. The highest BCUT2D eigenvalue weighted by Gasteiger charge is 2.09. The molecule has 0 radical (unpaired) electrons. The lowest BCUT2D eigenvalue weighted by Crippen LogP contribution is -2.05. The number of nitrogens with one attached hydrogen (secondary N) is 1. The fourth-order valence-corrected chi connectivity index (χ4v) is 1.71. The molecule has 1 nitrogen and oxygen atoms in total. The summed E-state index contributed by atoms with van der Waals surface area (Å²) in [5.74, 6) is -0.192. The van der Waals surface area contributed by atoms with Crippen molar-refractivity contribution < 1.29 is 4.39 Å². The fourth-order valence-electron chi connectivity index (χ4n) is 1.47. The van der Waals surface area contributed by atoms with Crippen LogP contribution in [0.2, 0.25) is 0 Å². The first kappa shape index (κ1) is 9.34. The molecule has 0 atom stereocenters. The maximum absolute atomic E-state index is 12.6. The van der Waals surface area contributed by atoms with Gasteiger partial charge in [0.05, 0.1) is 4.99 Å². The molecule has 1 N–H and O–H groups in total. The van der Waals surface area contributed by atoms with Gasteiger partial charge in [0.15, 0.2) is 0 Å². The first-order valence-corrected chi connectivity index (χ1v) is 4.86. The van der Waals surface area contributed by atoms with E-state index in [9.17, 15) is 4.39 Å². The highest BCUT2D eigenvalue weighted by atomic mass is 32.1. The molecule has 14 heavy (non-hydrogen) atoms. The number of benzene rings is 1. The Bertz CT molecular complexity index is 381. The molecule has 0 spiro atoms. The summed E-state index contributed by atoms with van der Waals surface area (Å²) < 4.78 is 12.6. The van der Waals surface area contributed by atoms with Crippen LogP contribution in [0.4, 0.5) is 4.39 Å². The standard InChI is InChI=1S/C11H10FNS/c12-10-3-1-8(2-4-10)5-9-6-11(14)13-7-9/h1-4,7H,5-6H2,(H,13,14). The lowest BCUT2D eigenvalue weighted by molar-refractivity contribution is 0.627. The van der Waals surface area contributed by atoms with E-state index in [0.29, 0.717) is 0 Å². The van der Waals surface area contributed by atoms with E-state index in [1.54, 1.807) is 12.1 Å². The number of rotatable bonds is 2. The quantitative estimate of drug-likeness (QED) is 0.748. The van der Waals surface area contributed by atoms with Crippen molar-refractivity contribution in [2.75, 3.05) is 0 Å². The van der Waals surface area contributed by atoms with Crippen molar-refractivity contribution in [1.82, 2.24) is 5.32 Å². The van der Waals surface area contributed by atoms with Crippen molar-refractivity contribution in [3.05, 3.63) is 47.4 Å². The van der Waals surface area contributed by atoms with Gasteiger partial charge in [-0.15, -0.1) is 0 Å². The molecule has 0 unspecified atom stereocenters. The number of hydrogen-bond donors (Lipinski definition) is 1. The molecule has 0 aromatic heterocycles. The molecule has 72 valence electrons. The predicted molar refractivity (Wildman–Crippen MR) is 58.5 cm³/mol. The van der Waals surface area contributed by atoms with Gasteiger partial charge >= 0.3 is 0 Å². The maximum Gasteiger partial charge on any atom is 0.123 e. The highest BCUT2D eigenvalue weighted by Crippen LogP contribution is 2.15. The van der Waals surface area contributed by atoms with Gasteiger partial charge < -0.3 is 5.32 Å². The van der Waals surface area contributed by atoms with Crippen LogP contribution in [0, 0.1) is 5.82 Å². The van der Waals surface area contributed by atoms with Gasteiger partial charge in [0.25, 0.3) is 0 Å². The predicted octanol–water partition coefficient (Wildman–Crippen LogP) is 2.57. The molecular formula is C11H10FNS. The van der Waals surface area contributed by atoms with E-state index in [4.69, 9.17) is 12.2 Å². The minimum atomic E-state index is -0.192. The van der Waals surface area contributed by atoms with Gasteiger partial charge in [-0.1, -0.05) is 24.4 Å². The molecule has 1 heterocycles. The smallest absolute Gasteiger partial charge is 0.123 e. The minimum absolute atomic E-state index is 0.192. The second-order valence-corrected chi connectivity index (χ2v) is 3.84. The number of hydrogen-bond acceptors (Lipinski definition) is 1. The van der Waals surface area contributed by atoms with Crippen molar-refractivity contribution >= 4 is 17.2 Å². The van der Waals surface area contributed by atoms with Gasteiger partial charge in [-0.05, 0) is 29.7 Å². The van der Waals surface area contributed by atoms with E-state index in [2.05, 4.69) is 5.32 Å². The first-order valence-electron chi connectivity index (χ1n) is 4.46. The normalized spacial score (nSPS) is 15.2. The molecule has 1 aromatic rings. The van der Waals surface area contributed by atoms with Gasteiger partial charge in [0, 0.05) is 12.6 Å². The Morgan fingerprint density at radius 2 is 2.00 bits per heavy atom. The molecular weight excluding hydrogens is 197 g/mol. The average Bonchev–Trinajstić information content (AvgIpc) is 2.56. The zero-order chi connectivity index (χ0) is 9.97. The molecule has 1 aliphatic heterocycles. The molecule has 0 amide bonds. The van der Waals surface area contributed by atoms with E-state index in [1.807, 2.05) is 6.20 Å². The van der Waals surface area contributed by atoms with E-state index >= 15 is 0 Å². The lowest BCUT2D eigenvalue weighted by Gasteiger charge is -2.00. The number of thiocarbonyl (C=S) groups is 1. The summed E-state index contributed by atoms with van der Waals surface area (Å²) in [4.78, 5) is 0.863. The van der Waals surface area contributed by atoms with Crippen LogP contribution in [0.5, 0.6) is 0 Å². The molecule has 1 aliphatic rings. The molecule has 0 saturated heterocycles. The van der Waals surface area contributed by atoms with Crippen LogP contribution < -0.4 is 5.32 Å². The summed E-state index contributed by atoms with van der Waals surface area (Å²) in [6.45, 7) is 0. The first-order chi connectivity index (χ1) is 6.74. The Balaban J connectivity index is 2.04. The van der Waals surface area contributed by atoms with E-state index in [-0.39, 0.29) is 5.82 Å². The maximum atomic E-state index is 12.6. The molecule has 0 saturated carbocycles. The summed E-state index contributed by atoms with van der Waals surface area (Å²) >= 11 is 5.01. The van der Waals surface area contributed by atoms with Crippen LogP contribution in [-0.2, 0) is 6.42 Å². The topological polar surface area (TPSA) is 12.0 Å². The summed E-state index contributed by atoms with van der Waals surface area (Å²) in [5, 5.41) is 3.00. The molecule has 2 rings (SSSR count). The Hall–Kier alpha value is -1.22. The lowest BCUT2D eigenvalue weighted by atomic mass is 10.1. The summed E-state index contributed by atoms with van der Waals surface area (Å²) in [6.07, 6.45) is 3.60. The summed E-state index contributed by atoms with van der Waals surface area (Å²) in [5.41, 5.74) is 2.37. The largest absolute Gasteiger partial charge is 0.356 e. The van der Waals surface area contributed by atoms with Crippen molar-refractivity contribution in [3.8, 4) is 0 Å². The Morgan fingerprint density at radius 1 is 1.29 bits per heavy atom. The van der Waals surface area contributed by atoms with Crippen LogP contribution in [-0.4, -0.2) is 4.99 Å². The SMILES string of the molecule is Fc1ccc(CC2=CNC(=S)C2)cc1. The van der Waals surface area contributed by atoms with Crippen LogP contribution in [0.3, 0.4) is 0 Å². The van der Waals surface area contributed by atoms with Crippen molar-refractivity contribution in [2.24, 2.45) is 0 Å². The van der Waals surface area contributed by atoms with Crippen LogP contribution >= 0.6 is 12.2 Å². The van der Waals surface area contributed by atoms with E-state index in [0.717, 1.165) is 23.4 Å². The van der Waals surface area contributed by atoms with Gasteiger partial charge in [-0.3, -0.25) is 0 Å². The molecule has 1 aromatic carbocycles. The third-order valence-electron chi connectivity index (χ3n) is 2.17. The summed E-state index contributed by atoms with van der Waals surface area (Å²) in [6, 6.07) is 6.57.